The Labute approximate surface area is 144 Å². The fourth-order valence-electron chi connectivity index (χ4n) is 2.29. The van der Waals surface area contributed by atoms with Gasteiger partial charge < -0.3 is 10.1 Å². The summed E-state index contributed by atoms with van der Waals surface area (Å²) in [4.78, 5) is 25.6. The predicted octanol–water partition coefficient (Wildman–Crippen LogP) is 4.70. The Hall–Kier alpha value is -1.85. The third-order valence-corrected chi connectivity index (χ3v) is 4.69. The van der Waals surface area contributed by atoms with Crippen molar-refractivity contribution in [2.24, 2.45) is 0 Å². The molecule has 0 aliphatic heterocycles. The number of carbonyl (C=O) groups is 2. The lowest BCUT2D eigenvalue weighted by Gasteiger charge is -2.08. The van der Waals surface area contributed by atoms with Gasteiger partial charge >= 0.3 is 5.97 Å². The monoisotopic (exact) mass is 351 g/mol. The molecule has 0 radical (unpaired) electrons. The molecule has 1 heterocycles. The van der Waals surface area contributed by atoms with Crippen LogP contribution < -0.4 is 5.32 Å². The van der Waals surface area contributed by atoms with E-state index in [1.165, 1.54) is 11.3 Å². The smallest absolute Gasteiger partial charge is 0.341 e. The van der Waals surface area contributed by atoms with Gasteiger partial charge in [-0.05, 0) is 50.1 Å². The van der Waals surface area contributed by atoms with Crippen molar-refractivity contribution in [3.05, 3.63) is 50.9 Å². The summed E-state index contributed by atoms with van der Waals surface area (Å²) in [5.74, 6) is -0.684. The van der Waals surface area contributed by atoms with Crippen LogP contribution in [0.5, 0.6) is 0 Å². The summed E-state index contributed by atoms with van der Waals surface area (Å²) in [6.45, 7) is 5.96. The molecule has 122 valence electrons. The number of nitrogens with one attached hydrogen (secondary N) is 1. The number of carbonyl (C=O) groups excluding carboxylic acids is 2. The highest BCUT2D eigenvalue weighted by molar-refractivity contribution is 7.16. The molecule has 0 saturated heterocycles. The standard InChI is InChI=1S/C17H18ClNO3S/c1-4-13-10(3)23-16(14(13)17(21)22-5-2)19-15(20)11-6-8-12(18)9-7-11/h6-9H,4-5H2,1-3H3,(H,19,20). The van der Waals surface area contributed by atoms with Crippen molar-refractivity contribution in [3.8, 4) is 0 Å². The van der Waals surface area contributed by atoms with E-state index >= 15 is 0 Å². The van der Waals surface area contributed by atoms with Gasteiger partial charge in [0.2, 0.25) is 0 Å². The number of amides is 1. The molecule has 1 amide bonds. The topological polar surface area (TPSA) is 55.4 Å². The number of aryl methyl sites for hydroxylation is 1. The highest BCUT2D eigenvalue weighted by Crippen LogP contribution is 2.34. The van der Waals surface area contributed by atoms with E-state index < -0.39 is 5.97 Å². The lowest BCUT2D eigenvalue weighted by molar-refractivity contribution is 0.0527. The van der Waals surface area contributed by atoms with Gasteiger partial charge in [0.25, 0.3) is 5.91 Å². The Morgan fingerprint density at radius 1 is 1.22 bits per heavy atom. The van der Waals surface area contributed by atoms with Gasteiger partial charge in [0, 0.05) is 15.5 Å². The first kappa shape index (κ1) is 17.5. The predicted molar refractivity (Wildman–Crippen MR) is 93.8 cm³/mol. The highest BCUT2D eigenvalue weighted by Gasteiger charge is 2.23. The van der Waals surface area contributed by atoms with Crippen molar-refractivity contribution in [1.82, 2.24) is 0 Å². The molecule has 0 fully saturated rings. The maximum atomic E-state index is 12.4. The van der Waals surface area contributed by atoms with Crippen molar-refractivity contribution in [1.29, 1.82) is 0 Å². The number of rotatable bonds is 5. The summed E-state index contributed by atoms with van der Waals surface area (Å²) in [5, 5.41) is 3.91. The first-order chi connectivity index (χ1) is 11.0. The van der Waals surface area contributed by atoms with Crippen molar-refractivity contribution in [2.45, 2.75) is 27.2 Å². The minimum atomic E-state index is -0.403. The van der Waals surface area contributed by atoms with E-state index in [0.29, 0.717) is 34.2 Å². The van der Waals surface area contributed by atoms with Gasteiger partial charge in [-0.3, -0.25) is 4.79 Å². The van der Waals surface area contributed by atoms with Gasteiger partial charge in [0.1, 0.15) is 5.00 Å². The molecule has 1 aromatic carbocycles. The lowest BCUT2D eigenvalue weighted by Crippen LogP contribution is -2.15. The van der Waals surface area contributed by atoms with Crippen LogP contribution in [0.3, 0.4) is 0 Å². The molecule has 0 unspecified atom stereocenters. The molecule has 4 nitrogen and oxygen atoms in total. The van der Waals surface area contributed by atoms with Gasteiger partial charge in [0.15, 0.2) is 0 Å². The second-order valence-corrected chi connectivity index (χ2v) is 6.54. The SMILES string of the molecule is CCOC(=O)c1c(NC(=O)c2ccc(Cl)cc2)sc(C)c1CC. The number of ether oxygens (including phenoxy) is 1. The Morgan fingerprint density at radius 3 is 2.43 bits per heavy atom. The van der Waals surface area contributed by atoms with E-state index in [4.69, 9.17) is 16.3 Å². The zero-order chi connectivity index (χ0) is 17.0. The normalized spacial score (nSPS) is 10.4. The second kappa shape index (κ2) is 7.62. The van der Waals surface area contributed by atoms with E-state index in [2.05, 4.69) is 5.32 Å². The van der Waals surface area contributed by atoms with Crippen molar-refractivity contribution in [3.63, 3.8) is 0 Å². The van der Waals surface area contributed by atoms with E-state index in [1.54, 1.807) is 31.2 Å². The first-order valence-corrected chi connectivity index (χ1v) is 8.53. The van der Waals surface area contributed by atoms with Gasteiger partial charge in [0.05, 0.1) is 12.2 Å². The van der Waals surface area contributed by atoms with Crippen LogP contribution in [0.2, 0.25) is 5.02 Å². The average Bonchev–Trinajstić information content (AvgIpc) is 2.83. The highest BCUT2D eigenvalue weighted by atomic mass is 35.5. The zero-order valence-corrected chi connectivity index (χ0v) is 14.8. The summed E-state index contributed by atoms with van der Waals surface area (Å²) in [6.07, 6.45) is 0.702. The molecule has 0 bridgehead atoms. The van der Waals surface area contributed by atoms with Crippen LogP contribution in [0.1, 0.15) is 45.0 Å². The van der Waals surface area contributed by atoms with Crippen LogP contribution in [0, 0.1) is 6.92 Å². The largest absolute Gasteiger partial charge is 0.462 e. The molecule has 0 atom stereocenters. The fourth-order valence-corrected chi connectivity index (χ4v) is 3.54. The zero-order valence-electron chi connectivity index (χ0n) is 13.2. The minimum absolute atomic E-state index is 0.281. The van der Waals surface area contributed by atoms with Crippen LogP contribution in [-0.2, 0) is 11.2 Å². The summed E-state index contributed by atoms with van der Waals surface area (Å²) in [6, 6.07) is 6.59. The average molecular weight is 352 g/mol. The fraction of sp³-hybridized carbons (Fsp3) is 0.294. The van der Waals surface area contributed by atoms with E-state index in [0.717, 1.165) is 10.4 Å². The molecule has 1 aromatic heterocycles. The molecule has 0 saturated carbocycles. The second-order valence-electron chi connectivity index (χ2n) is 4.88. The third-order valence-electron chi connectivity index (χ3n) is 3.38. The van der Waals surface area contributed by atoms with Crippen LogP contribution in [0.4, 0.5) is 5.00 Å². The quantitative estimate of drug-likeness (QED) is 0.794. The molecule has 1 N–H and O–H groups in total. The van der Waals surface area contributed by atoms with Gasteiger partial charge in [-0.2, -0.15) is 0 Å². The van der Waals surface area contributed by atoms with E-state index in [9.17, 15) is 9.59 Å². The van der Waals surface area contributed by atoms with Crippen LogP contribution in [0.15, 0.2) is 24.3 Å². The number of thiophene rings is 1. The molecular weight excluding hydrogens is 334 g/mol. The minimum Gasteiger partial charge on any atom is -0.462 e. The summed E-state index contributed by atoms with van der Waals surface area (Å²) >= 11 is 7.22. The van der Waals surface area contributed by atoms with Crippen molar-refractivity contribution in [2.75, 3.05) is 11.9 Å². The third kappa shape index (κ3) is 3.92. The Balaban J connectivity index is 2.33. The Kier molecular flexibility index (Phi) is 5.80. The van der Waals surface area contributed by atoms with Gasteiger partial charge in [-0.25, -0.2) is 4.79 Å². The molecule has 0 aliphatic carbocycles. The van der Waals surface area contributed by atoms with Crippen molar-refractivity contribution >= 4 is 39.8 Å². The summed E-state index contributed by atoms with van der Waals surface area (Å²) in [5.41, 5.74) is 1.85. The summed E-state index contributed by atoms with van der Waals surface area (Å²) in [7, 11) is 0. The Bertz CT molecular complexity index is 722. The molecule has 2 rings (SSSR count). The molecule has 0 aliphatic rings. The summed E-state index contributed by atoms with van der Waals surface area (Å²) < 4.78 is 5.13. The maximum absolute atomic E-state index is 12.4. The maximum Gasteiger partial charge on any atom is 0.341 e. The van der Waals surface area contributed by atoms with Gasteiger partial charge in [-0.1, -0.05) is 18.5 Å². The molecular formula is C17H18ClNO3S. The molecule has 23 heavy (non-hydrogen) atoms. The molecule has 2 aromatic rings. The van der Waals surface area contributed by atoms with Crippen LogP contribution in [0.25, 0.3) is 0 Å². The van der Waals surface area contributed by atoms with Crippen LogP contribution >= 0.6 is 22.9 Å². The number of hydrogen-bond acceptors (Lipinski definition) is 4. The van der Waals surface area contributed by atoms with Crippen molar-refractivity contribution < 1.29 is 14.3 Å². The Morgan fingerprint density at radius 2 is 1.87 bits per heavy atom. The number of hydrogen-bond donors (Lipinski definition) is 1. The van der Waals surface area contributed by atoms with E-state index in [1.807, 2.05) is 13.8 Å². The van der Waals surface area contributed by atoms with Gasteiger partial charge in [-0.15, -0.1) is 11.3 Å². The number of halogens is 1. The van der Waals surface area contributed by atoms with E-state index in [-0.39, 0.29) is 5.91 Å². The lowest BCUT2D eigenvalue weighted by atomic mass is 10.1. The number of esters is 1. The van der Waals surface area contributed by atoms with Crippen LogP contribution in [-0.4, -0.2) is 18.5 Å². The first-order valence-electron chi connectivity index (χ1n) is 7.34. The molecule has 0 spiro atoms. The number of benzene rings is 1. The molecule has 6 heteroatoms. The number of anilines is 1.